The maximum Gasteiger partial charge on any atom is 0.0972 e. The zero-order valence-electron chi connectivity index (χ0n) is 14.6. The van der Waals surface area contributed by atoms with Crippen molar-refractivity contribution in [3.8, 4) is 0 Å². The standard InChI is InChI=1S/C20H29O.W.Y/c1-18-10-4-3-5-14(18)6-7-15-16(18)8-11-19(2)17(15)9-12-20(19)13-21-20;;/h3,6,15-17H,4-5,7-13H2,1-2H3;;/q-1;;/t15?,16?,17?,18?,19?,20-;;/m1../s1. The molecule has 0 aromatic carbocycles. The molecule has 0 bridgehead atoms. The molecule has 3 saturated carbocycles. The summed E-state index contributed by atoms with van der Waals surface area (Å²) in [5.41, 5.74) is 3.12. The Balaban J connectivity index is 0.000000781. The Kier molecular flexibility index (Phi) is 5.26. The summed E-state index contributed by atoms with van der Waals surface area (Å²) in [5.74, 6) is 2.83. The van der Waals surface area contributed by atoms with Crippen LogP contribution >= 0.6 is 0 Å². The fraction of sp³-hybridized carbons (Fsp3) is 0.850. The molecule has 1 spiro atoms. The molecule has 5 aliphatic rings. The molecule has 0 amide bonds. The number of fused-ring (bicyclic) bond motifs is 6. The van der Waals surface area contributed by atoms with E-state index in [9.17, 15) is 0 Å². The molecule has 6 atom stereocenters. The number of hydrogen-bond acceptors (Lipinski definition) is 1. The first-order valence-electron chi connectivity index (χ1n) is 9.24. The zero-order valence-corrected chi connectivity index (χ0v) is 20.4. The van der Waals surface area contributed by atoms with Crippen molar-refractivity contribution in [1.82, 2.24) is 0 Å². The second-order valence-corrected chi connectivity index (χ2v) is 9.07. The van der Waals surface area contributed by atoms with Crippen LogP contribution in [-0.2, 0) is 58.5 Å². The van der Waals surface area contributed by atoms with Crippen molar-refractivity contribution < 1.29 is 58.5 Å². The summed E-state index contributed by atoms with van der Waals surface area (Å²) < 4.78 is 6.02. The van der Waals surface area contributed by atoms with Gasteiger partial charge in [-0.3, -0.25) is 0 Å². The van der Waals surface area contributed by atoms with Gasteiger partial charge in [0.25, 0.3) is 0 Å². The Morgan fingerprint density at radius 1 is 1.13 bits per heavy atom. The molecule has 1 saturated heterocycles. The molecule has 1 radical (unpaired) electrons. The monoisotopic (exact) mass is 558 g/mol. The normalized spacial score (nSPS) is 53.1. The maximum absolute atomic E-state index is 6.02. The van der Waals surface area contributed by atoms with Crippen molar-refractivity contribution in [3.05, 3.63) is 18.1 Å². The average molecular weight is 558 g/mol. The molecule has 1 aliphatic heterocycles. The van der Waals surface area contributed by atoms with Gasteiger partial charge in [0, 0.05) is 59.2 Å². The topological polar surface area (TPSA) is 12.5 Å². The molecule has 5 rings (SSSR count). The van der Waals surface area contributed by atoms with Crippen LogP contribution in [0.4, 0.5) is 0 Å². The Bertz CT molecular complexity index is 514. The molecule has 0 aromatic rings. The van der Waals surface area contributed by atoms with E-state index >= 15 is 0 Å². The summed E-state index contributed by atoms with van der Waals surface area (Å²) in [4.78, 5) is 0. The summed E-state index contributed by atoms with van der Waals surface area (Å²) in [6.45, 7) is 6.23. The van der Waals surface area contributed by atoms with Gasteiger partial charge in [0.1, 0.15) is 0 Å². The van der Waals surface area contributed by atoms with Crippen molar-refractivity contribution in [2.75, 3.05) is 6.61 Å². The minimum absolute atomic E-state index is 0. The van der Waals surface area contributed by atoms with E-state index in [1.807, 2.05) is 0 Å². The predicted octanol–water partition coefficient (Wildman–Crippen LogP) is 4.92. The van der Waals surface area contributed by atoms with Gasteiger partial charge in [-0.05, 0) is 55.3 Å². The second-order valence-electron chi connectivity index (χ2n) is 9.07. The third-order valence-electron chi connectivity index (χ3n) is 8.64. The van der Waals surface area contributed by atoms with Crippen LogP contribution in [0.25, 0.3) is 0 Å². The molecule has 4 aliphatic carbocycles. The van der Waals surface area contributed by atoms with Crippen LogP contribution in [0, 0.1) is 35.0 Å². The van der Waals surface area contributed by atoms with Crippen molar-refractivity contribution in [1.29, 1.82) is 0 Å². The van der Waals surface area contributed by atoms with Crippen molar-refractivity contribution in [2.45, 2.75) is 70.8 Å². The van der Waals surface area contributed by atoms with Crippen LogP contribution in [0.2, 0.25) is 0 Å². The fourth-order valence-corrected chi connectivity index (χ4v) is 7.13. The minimum Gasteiger partial charge on any atom is -0.369 e. The summed E-state index contributed by atoms with van der Waals surface area (Å²) in [5, 5.41) is 0. The van der Waals surface area contributed by atoms with Gasteiger partial charge in [0.05, 0.1) is 12.2 Å². The SMILES string of the molecule is CC12CC[CH-]CC1=CCC1C2CCC2(C)C1CC[C@@]21CO1.[W].[Y]. The van der Waals surface area contributed by atoms with E-state index in [0.29, 0.717) is 16.4 Å². The summed E-state index contributed by atoms with van der Waals surface area (Å²) in [6, 6.07) is 0. The smallest absolute Gasteiger partial charge is 0.0972 e. The summed E-state index contributed by atoms with van der Waals surface area (Å²) in [6.07, 6.45) is 16.2. The minimum atomic E-state index is 0. The maximum atomic E-state index is 6.02. The van der Waals surface area contributed by atoms with E-state index in [1.165, 1.54) is 51.4 Å². The van der Waals surface area contributed by atoms with Crippen LogP contribution in [0.5, 0.6) is 0 Å². The molecule has 4 fully saturated rings. The summed E-state index contributed by atoms with van der Waals surface area (Å²) >= 11 is 0. The van der Waals surface area contributed by atoms with E-state index < -0.39 is 0 Å². The van der Waals surface area contributed by atoms with E-state index in [0.717, 1.165) is 24.4 Å². The molecule has 0 aromatic heterocycles. The largest absolute Gasteiger partial charge is 0.369 e. The number of hydrogen-bond donors (Lipinski definition) is 0. The number of rotatable bonds is 0. The van der Waals surface area contributed by atoms with Gasteiger partial charge < -0.3 is 11.2 Å². The van der Waals surface area contributed by atoms with Crippen LogP contribution in [0.3, 0.4) is 0 Å². The first-order chi connectivity index (χ1) is 10.1. The number of allylic oxidation sites excluding steroid dienone is 2. The van der Waals surface area contributed by atoms with Gasteiger partial charge in [0.15, 0.2) is 0 Å². The quantitative estimate of drug-likeness (QED) is 0.234. The average Bonchev–Trinajstić information content (AvgIpc) is 3.20. The van der Waals surface area contributed by atoms with Gasteiger partial charge >= 0.3 is 0 Å². The Morgan fingerprint density at radius 2 is 1.87 bits per heavy atom. The van der Waals surface area contributed by atoms with Crippen LogP contribution in [0.1, 0.15) is 65.2 Å². The first kappa shape index (κ1) is 19.3. The molecule has 1 nitrogen and oxygen atoms in total. The molecular formula is C20H29OWY-. The van der Waals surface area contributed by atoms with Gasteiger partial charge in [-0.2, -0.15) is 12.8 Å². The van der Waals surface area contributed by atoms with Gasteiger partial charge in [-0.15, -0.1) is 0 Å². The molecule has 125 valence electrons. The molecule has 1 heterocycles. The number of epoxide rings is 1. The van der Waals surface area contributed by atoms with Crippen molar-refractivity contribution in [3.63, 3.8) is 0 Å². The predicted molar refractivity (Wildman–Crippen MR) is 84.7 cm³/mol. The van der Waals surface area contributed by atoms with Crippen LogP contribution in [-0.4, -0.2) is 12.2 Å². The number of ether oxygens (including phenoxy) is 1. The third kappa shape index (κ3) is 2.45. The van der Waals surface area contributed by atoms with Gasteiger partial charge in [-0.25, -0.2) is 0 Å². The van der Waals surface area contributed by atoms with Gasteiger partial charge in [-0.1, -0.05) is 31.9 Å². The first-order valence-corrected chi connectivity index (χ1v) is 9.24. The van der Waals surface area contributed by atoms with Crippen molar-refractivity contribution in [2.24, 2.45) is 28.6 Å². The van der Waals surface area contributed by atoms with E-state index in [4.69, 9.17) is 4.74 Å². The van der Waals surface area contributed by atoms with E-state index in [-0.39, 0.29) is 53.8 Å². The third-order valence-corrected chi connectivity index (χ3v) is 8.64. The zero-order chi connectivity index (χ0) is 14.3. The van der Waals surface area contributed by atoms with Crippen LogP contribution in [0.15, 0.2) is 11.6 Å². The second kappa shape index (κ2) is 6.28. The Morgan fingerprint density at radius 3 is 2.61 bits per heavy atom. The molecule has 0 N–H and O–H groups in total. The Hall–Kier alpha value is 1.49. The van der Waals surface area contributed by atoms with E-state index in [1.54, 1.807) is 5.57 Å². The molecule has 23 heavy (non-hydrogen) atoms. The molecule has 3 heteroatoms. The van der Waals surface area contributed by atoms with E-state index in [2.05, 4.69) is 26.3 Å². The molecular weight excluding hydrogens is 529 g/mol. The fourth-order valence-electron chi connectivity index (χ4n) is 7.13. The van der Waals surface area contributed by atoms with Gasteiger partial charge in [0.2, 0.25) is 0 Å². The Labute approximate surface area is 181 Å². The van der Waals surface area contributed by atoms with Crippen molar-refractivity contribution >= 4 is 0 Å². The molecule has 5 unspecified atom stereocenters. The van der Waals surface area contributed by atoms with Crippen LogP contribution < -0.4 is 0 Å². The summed E-state index contributed by atoms with van der Waals surface area (Å²) in [7, 11) is 0.